The Kier molecular flexibility index (Phi) is 14.0. The van der Waals surface area contributed by atoms with E-state index in [-0.39, 0.29) is 12.5 Å². The lowest BCUT2D eigenvalue weighted by Crippen LogP contribution is -2.65. The molecule has 43 heavy (non-hydrogen) atoms. The fourth-order valence-corrected chi connectivity index (χ4v) is 5.68. The number of rotatable bonds is 17. The first-order valence-corrected chi connectivity index (χ1v) is 15.7. The van der Waals surface area contributed by atoms with Gasteiger partial charge in [0.15, 0.2) is 6.29 Å². The third kappa shape index (κ3) is 10.7. The molecule has 1 heterocycles. The third-order valence-electron chi connectivity index (χ3n) is 6.64. The second-order valence-corrected chi connectivity index (χ2v) is 11.1. The molecule has 0 aromatic heterocycles. The van der Waals surface area contributed by atoms with Crippen LogP contribution in [0.3, 0.4) is 0 Å². The topological polar surface area (TPSA) is 93.7 Å². The zero-order valence-corrected chi connectivity index (χ0v) is 25.9. The number of benzene rings is 3. The molecule has 1 aliphatic heterocycles. The fourth-order valence-electron chi connectivity index (χ4n) is 4.71. The van der Waals surface area contributed by atoms with Crippen LogP contribution in [-0.2, 0) is 57.1 Å². The standard InChI is InChI=1S/C33H42NO8P/c1-4-39-43(40-5-2)42-33-30(34-25(3)35)32(38-23-28-19-13-8-14-20-28)31(37-22-27-17-11-7-12-18-27)29(41-33)24-36-21-26-15-9-6-10-16-26/h6-20,29-33H,4-5,21-24H2,1-3H3,(H,34,35)/t29-,30-,31+,32-,33-/m1/s1. The van der Waals surface area contributed by atoms with E-state index in [1.54, 1.807) is 0 Å². The summed E-state index contributed by atoms with van der Waals surface area (Å²) < 4.78 is 43.6. The molecule has 5 atom stereocenters. The molecule has 3 aromatic carbocycles. The minimum absolute atomic E-state index is 0.202. The maximum absolute atomic E-state index is 12.5. The Bertz CT molecular complexity index is 1180. The molecule has 4 rings (SSSR count). The van der Waals surface area contributed by atoms with Gasteiger partial charge in [0.1, 0.15) is 24.4 Å². The number of hydrogen-bond acceptors (Lipinski definition) is 8. The van der Waals surface area contributed by atoms with Gasteiger partial charge in [-0.3, -0.25) is 9.32 Å². The van der Waals surface area contributed by atoms with Crippen molar-refractivity contribution < 1.29 is 37.3 Å². The van der Waals surface area contributed by atoms with Crippen LogP contribution in [0.2, 0.25) is 0 Å². The quantitative estimate of drug-likeness (QED) is 0.188. The molecular weight excluding hydrogens is 569 g/mol. The van der Waals surface area contributed by atoms with Crippen LogP contribution < -0.4 is 5.32 Å². The number of carbonyl (C=O) groups is 1. The number of carbonyl (C=O) groups excluding carboxylic acids is 1. The minimum atomic E-state index is -1.75. The molecule has 1 aliphatic rings. The largest absolute Gasteiger partial charge is 0.374 e. The van der Waals surface area contributed by atoms with Gasteiger partial charge >= 0.3 is 8.60 Å². The summed E-state index contributed by atoms with van der Waals surface area (Å²) in [6.07, 6.45) is -2.81. The second kappa shape index (κ2) is 18.2. The van der Waals surface area contributed by atoms with E-state index in [0.717, 1.165) is 16.7 Å². The van der Waals surface area contributed by atoms with Crippen LogP contribution in [0.15, 0.2) is 91.0 Å². The molecule has 0 saturated carbocycles. The highest BCUT2D eigenvalue weighted by atomic mass is 31.2. The first-order valence-electron chi connectivity index (χ1n) is 14.6. The summed E-state index contributed by atoms with van der Waals surface area (Å²) in [5, 5.41) is 3.00. The molecular formula is C33H42NO8P. The molecule has 3 aromatic rings. The van der Waals surface area contributed by atoms with Crippen molar-refractivity contribution in [3.8, 4) is 0 Å². The molecule has 0 bridgehead atoms. The molecule has 1 fully saturated rings. The lowest BCUT2D eigenvalue weighted by molar-refractivity contribution is -0.272. The average molecular weight is 612 g/mol. The Labute approximate surface area is 255 Å². The Balaban J connectivity index is 1.63. The number of nitrogens with one attached hydrogen (secondary N) is 1. The van der Waals surface area contributed by atoms with Gasteiger partial charge in [0.05, 0.1) is 39.6 Å². The lowest BCUT2D eigenvalue weighted by atomic mass is 9.96. The molecule has 1 saturated heterocycles. The SMILES string of the molecule is CCOP(OCC)O[C@H]1O[C@H](COCc2ccccc2)[C@H](OCc2ccccc2)[C@H](OCc2ccccc2)[C@H]1NC(C)=O. The van der Waals surface area contributed by atoms with E-state index in [1.807, 2.05) is 105 Å². The Morgan fingerprint density at radius 2 is 1.23 bits per heavy atom. The van der Waals surface area contributed by atoms with E-state index in [4.69, 9.17) is 32.5 Å². The number of ether oxygens (including phenoxy) is 4. The average Bonchev–Trinajstić information content (AvgIpc) is 3.02. The first-order chi connectivity index (χ1) is 21.1. The van der Waals surface area contributed by atoms with Crippen LogP contribution in [0.4, 0.5) is 0 Å². The molecule has 10 heteroatoms. The summed E-state index contributed by atoms with van der Waals surface area (Å²) in [5.74, 6) is -0.256. The molecule has 0 unspecified atom stereocenters. The summed E-state index contributed by atoms with van der Waals surface area (Å²) in [6, 6.07) is 28.9. The van der Waals surface area contributed by atoms with Gasteiger partial charge in [-0.1, -0.05) is 91.0 Å². The minimum Gasteiger partial charge on any atom is -0.374 e. The summed E-state index contributed by atoms with van der Waals surface area (Å²) in [6.45, 7) is 7.18. The number of amides is 1. The van der Waals surface area contributed by atoms with E-state index < -0.39 is 39.2 Å². The lowest BCUT2D eigenvalue weighted by Gasteiger charge is -2.46. The molecule has 232 valence electrons. The smallest absolute Gasteiger partial charge is 0.335 e. The molecule has 0 radical (unpaired) electrons. The zero-order valence-electron chi connectivity index (χ0n) is 25.0. The van der Waals surface area contributed by atoms with Crippen molar-refractivity contribution in [3.05, 3.63) is 108 Å². The maximum Gasteiger partial charge on any atom is 0.335 e. The highest BCUT2D eigenvalue weighted by Crippen LogP contribution is 2.43. The second-order valence-electron chi connectivity index (χ2n) is 9.96. The summed E-state index contributed by atoms with van der Waals surface area (Å²) in [4.78, 5) is 12.5. The summed E-state index contributed by atoms with van der Waals surface area (Å²) >= 11 is 0. The van der Waals surface area contributed by atoms with Crippen LogP contribution in [0.1, 0.15) is 37.5 Å². The highest BCUT2D eigenvalue weighted by molar-refractivity contribution is 7.41. The monoisotopic (exact) mass is 611 g/mol. The van der Waals surface area contributed by atoms with Gasteiger partial charge in [-0.05, 0) is 30.5 Å². The van der Waals surface area contributed by atoms with Crippen molar-refractivity contribution in [2.24, 2.45) is 0 Å². The Morgan fingerprint density at radius 1 is 0.744 bits per heavy atom. The van der Waals surface area contributed by atoms with Crippen molar-refractivity contribution in [2.75, 3.05) is 19.8 Å². The predicted octanol–water partition coefficient (Wildman–Crippen LogP) is 5.92. The summed E-state index contributed by atoms with van der Waals surface area (Å²) in [7, 11) is -1.75. The summed E-state index contributed by atoms with van der Waals surface area (Å²) in [5.41, 5.74) is 3.02. The van der Waals surface area contributed by atoms with Gasteiger partial charge < -0.3 is 33.3 Å². The van der Waals surface area contributed by atoms with Gasteiger partial charge in [-0.15, -0.1) is 0 Å². The van der Waals surface area contributed by atoms with Gasteiger partial charge in [-0.2, -0.15) is 0 Å². The van der Waals surface area contributed by atoms with Crippen LogP contribution in [0.5, 0.6) is 0 Å². The van der Waals surface area contributed by atoms with E-state index >= 15 is 0 Å². The van der Waals surface area contributed by atoms with Crippen molar-refractivity contribution in [3.63, 3.8) is 0 Å². The van der Waals surface area contributed by atoms with Crippen LogP contribution in [-0.4, -0.2) is 56.4 Å². The van der Waals surface area contributed by atoms with Crippen molar-refractivity contribution >= 4 is 14.5 Å². The van der Waals surface area contributed by atoms with Gasteiger partial charge in [-0.25, -0.2) is 0 Å². The van der Waals surface area contributed by atoms with Crippen molar-refractivity contribution in [1.82, 2.24) is 5.32 Å². The fraction of sp³-hybridized carbons (Fsp3) is 0.424. The van der Waals surface area contributed by atoms with Gasteiger partial charge in [0.25, 0.3) is 0 Å². The molecule has 0 spiro atoms. The normalized spacial score (nSPS) is 22.0. The van der Waals surface area contributed by atoms with Crippen molar-refractivity contribution in [1.29, 1.82) is 0 Å². The van der Waals surface area contributed by atoms with Crippen molar-refractivity contribution in [2.45, 2.75) is 71.2 Å². The van der Waals surface area contributed by atoms with E-state index in [9.17, 15) is 4.79 Å². The highest BCUT2D eigenvalue weighted by Gasteiger charge is 2.49. The predicted molar refractivity (Wildman–Crippen MR) is 164 cm³/mol. The molecule has 1 amide bonds. The van der Waals surface area contributed by atoms with Crippen LogP contribution >= 0.6 is 8.60 Å². The molecule has 0 aliphatic carbocycles. The first kappa shape index (κ1) is 33.2. The van der Waals surface area contributed by atoms with Crippen LogP contribution in [0.25, 0.3) is 0 Å². The van der Waals surface area contributed by atoms with Gasteiger partial charge in [0, 0.05) is 6.92 Å². The Morgan fingerprint density at radius 3 is 1.72 bits per heavy atom. The Hall–Kier alpha value is -2.72. The van der Waals surface area contributed by atoms with Gasteiger partial charge in [0.2, 0.25) is 5.91 Å². The maximum atomic E-state index is 12.5. The third-order valence-corrected chi connectivity index (χ3v) is 7.96. The van der Waals surface area contributed by atoms with E-state index in [1.165, 1.54) is 6.92 Å². The van der Waals surface area contributed by atoms with Crippen LogP contribution in [0, 0.1) is 0 Å². The van der Waals surface area contributed by atoms with E-state index in [0.29, 0.717) is 33.0 Å². The molecule has 9 nitrogen and oxygen atoms in total. The molecule has 1 N–H and O–H groups in total. The zero-order chi connectivity index (χ0) is 30.3. The van der Waals surface area contributed by atoms with E-state index in [2.05, 4.69) is 5.32 Å². The number of hydrogen-bond donors (Lipinski definition) is 1.